The normalized spacial score (nSPS) is 25.0. The van der Waals surface area contributed by atoms with E-state index in [1.54, 1.807) is 30.3 Å². The number of nitrogens with zero attached hydrogens (tertiary/aromatic N) is 1. The molecule has 3 N–H and O–H groups in total. The van der Waals surface area contributed by atoms with Crippen molar-refractivity contribution in [2.24, 2.45) is 5.41 Å². The lowest BCUT2D eigenvalue weighted by atomic mass is 9.62. The van der Waals surface area contributed by atoms with Crippen molar-refractivity contribution < 1.29 is 42.2 Å². The van der Waals surface area contributed by atoms with Gasteiger partial charge in [0.05, 0.1) is 5.02 Å². The predicted octanol–water partition coefficient (Wildman–Crippen LogP) is 5.81. The molecule has 1 amide bonds. The molecule has 4 unspecified atom stereocenters. The van der Waals surface area contributed by atoms with Crippen molar-refractivity contribution in [2.45, 2.75) is 56.8 Å². The molecule has 4 atom stereocenters. The van der Waals surface area contributed by atoms with E-state index in [0.29, 0.717) is 17.7 Å². The highest BCUT2D eigenvalue weighted by Crippen LogP contribution is 2.60. The van der Waals surface area contributed by atoms with Gasteiger partial charge in [0.15, 0.2) is 0 Å². The molecule has 0 aliphatic carbocycles. The average molecular weight is 579 g/mol. The van der Waals surface area contributed by atoms with Crippen LogP contribution in [0.2, 0.25) is 5.02 Å². The SMILES string of the molecule is CC(C)(C)CC1N(Cl)C(C(=O)O)C(c2cccc(Cl)c2F)C12C(=O)Nc1ccccc12.O=C(O)C(F)(F)F. The molecule has 1 saturated heterocycles. The molecule has 13 heteroatoms. The quantitative estimate of drug-likeness (QED) is 0.313. The van der Waals surface area contributed by atoms with Crippen molar-refractivity contribution in [2.75, 3.05) is 5.32 Å². The first-order valence-electron chi connectivity index (χ1n) is 11.3. The zero-order valence-corrected chi connectivity index (χ0v) is 21.8. The van der Waals surface area contributed by atoms with Crippen molar-refractivity contribution in [3.05, 3.63) is 64.4 Å². The first kappa shape index (κ1) is 29.7. The first-order valence-corrected chi connectivity index (χ1v) is 12.0. The minimum Gasteiger partial charge on any atom is -0.480 e. The monoisotopic (exact) mass is 578 g/mol. The molecule has 2 aliphatic heterocycles. The fourth-order valence-electron chi connectivity index (χ4n) is 5.18. The summed E-state index contributed by atoms with van der Waals surface area (Å²) in [5, 5.41) is 20.0. The number of hydrogen-bond acceptors (Lipinski definition) is 4. The Morgan fingerprint density at radius 2 is 1.66 bits per heavy atom. The van der Waals surface area contributed by atoms with E-state index in [1.165, 1.54) is 16.6 Å². The van der Waals surface area contributed by atoms with Crippen LogP contribution in [0.4, 0.5) is 23.2 Å². The van der Waals surface area contributed by atoms with Gasteiger partial charge in [-0.15, -0.1) is 0 Å². The number of para-hydroxylation sites is 1. The zero-order chi connectivity index (χ0) is 28.8. The van der Waals surface area contributed by atoms with E-state index >= 15 is 4.39 Å². The largest absolute Gasteiger partial charge is 0.490 e. The Hall–Kier alpha value is -2.89. The highest BCUT2D eigenvalue weighted by molar-refractivity contribution is 6.30. The Morgan fingerprint density at radius 1 is 1.08 bits per heavy atom. The zero-order valence-electron chi connectivity index (χ0n) is 20.3. The molecule has 1 fully saturated rings. The fraction of sp³-hybridized carbons (Fsp3) is 0.400. The Morgan fingerprint density at radius 3 is 2.18 bits per heavy atom. The van der Waals surface area contributed by atoms with Crippen LogP contribution in [0.1, 0.15) is 44.2 Å². The molecular formula is C25H24Cl2F4N2O5. The van der Waals surface area contributed by atoms with Gasteiger partial charge in [0.25, 0.3) is 0 Å². The third-order valence-corrected chi connectivity index (χ3v) is 7.25. The standard InChI is InChI=1S/C23H23Cl2FN2O3.C2HF3O2/c1-22(2,3)11-16-23(13-8-4-5-10-15(13)27-21(23)31)17(19(20(29)30)28(16)25)12-7-6-9-14(24)18(12)26;3-2(4,5)1(6)7/h4-10,16-17,19H,11H2,1-3H3,(H,27,31)(H,29,30);(H,6,7). The molecule has 1 spiro atoms. The van der Waals surface area contributed by atoms with Gasteiger partial charge in [-0.05, 0) is 46.9 Å². The number of nitrogens with one attached hydrogen (secondary N) is 1. The smallest absolute Gasteiger partial charge is 0.480 e. The Bertz CT molecular complexity index is 1270. The summed E-state index contributed by atoms with van der Waals surface area (Å²) < 4.78 is 48.2. The van der Waals surface area contributed by atoms with Crippen molar-refractivity contribution >= 4 is 46.9 Å². The second-order valence-electron chi connectivity index (χ2n) is 10.2. The highest BCUT2D eigenvalue weighted by atomic mass is 35.5. The number of carboxylic acids is 2. The molecule has 7 nitrogen and oxygen atoms in total. The van der Waals surface area contributed by atoms with Crippen LogP contribution in [0, 0.1) is 11.2 Å². The molecule has 0 bridgehead atoms. The maximum absolute atomic E-state index is 15.3. The summed E-state index contributed by atoms with van der Waals surface area (Å²) in [6.45, 7) is 5.98. The number of benzene rings is 2. The molecule has 2 heterocycles. The maximum atomic E-state index is 15.3. The van der Waals surface area contributed by atoms with Crippen LogP contribution in [-0.2, 0) is 19.8 Å². The number of hydrogen-bond donors (Lipinski definition) is 3. The van der Waals surface area contributed by atoms with E-state index in [1.807, 2.05) is 20.8 Å². The molecule has 0 saturated carbocycles. The van der Waals surface area contributed by atoms with E-state index in [-0.39, 0.29) is 21.9 Å². The minimum atomic E-state index is -5.08. The second kappa shape index (κ2) is 10.3. The predicted molar refractivity (Wildman–Crippen MR) is 132 cm³/mol. The van der Waals surface area contributed by atoms with Gasteiger partial charge in [-0.2, -0.15) is 13.2 Å². The topological polar surface area (TPSA) is 107 Å². The van der Waals surface area contributed by atoms with Crippen LogP contribution < -0.4 is 5.32 Å². The minimum absolute atomic E-state index is 0.0637. The van der Waals surface area contributed by atoms with Crippen LogP contribution in [0.25, 0.3) is 0 Å². The number of carboxylic acid groups (broad SMARTS) is 2. The number of rotatable bonds is 3. The molecule has 0 aromatic heterocycles. The van der Waals surface area contributed by atoms with E-state index in [4.69, 9.17) is 33.3 Å². The molecule has 38 heavy (non-hydrogen) atoms. The van der Waals surface area contributed by atoms with Crippen molar-refractivity contribution in [1.29, 1.82) is 0 Å². The third-order valence-electron chi connectivity index (χ3n) is 6.51. The second-order valence-corrected chi connectivity index (χ2v) is 11.0. The van der Waals surface area contributed by atoms with Crippen LogP contribution in [-0.4, -0.2) is 50.7 Å². The van der Waals surface area contributed by atoms with E-state index < -0.39 is 47.3 Å². The van der Waals surface area contributed by atoms with Gasteiger partial charge in [0.2, 0.25) is 5.91 Å². The number of halogens is 6. The Balaban J connectivity index is 0.000000505. The molecule has 2 aromatic rings. The first-order chi connectivity index (χ1) is 17.4. The van der Waals surface area contributed by atoms with Crippen LogP contribution >= 0.6 is 23.4 Å². The lowest BCUT2D eigenvalue weighted by Gasteiger charge is -2.38. The Labute approximate surface area is 225 Å². The van der Waals surface area contributed by atoms with Gasteiger partial charge in [-0.25, -0.2) is 13.6 Å². The molecule has 4 rings (SSSR count). The van der Waals surface area contributed by atoms with Crippen molar-refractivity contribution in [3.63, 3.8) is 0 Å². The lowest BCUT2D eigenvalue weighted by Crippen LogP contribution is -2.49. The molecule has 2 aromatic carbocycles. The van der Waals surface area contributed by atoms with Crippen LogP contribution in [0.5, 0.6) is 0 Å². The van der Waals surface area contributed by atoms with Gasteiger partial charge in [0.1, 0.15) is 17.3 Å². The molecular weight excluding hydrogens is 555 g/mol. The van der Waals surface area contributed by atoms with E-state index in [9.17, 15) is 27.9 Å². The van der Waals surface area contributed by atoms with Crippen molar-refractivity contribution in [1.82, 2.24) is 4.42 Å². The third kappa shape index (κ3) is 5.19. The van der Waals surface area contributed by atoms with Gasteiger partial charge < -0.3 is 15.5 Å². The van der Waals surface area contributed by atoms with E-state index in [0.717, 1.165) is 0 Å². The average Bonchev–Trinajstić information content (AvgIpc) is 3.21. The van der Waals surface area contributed by atoms with Crippen LogP contribution in [0.15, 0.2) is 42.5 Å². The lowest BCUT2D eigenvalue weighted by molar-refractivity contribution is -0.192. The molecule has 206 valence electrons. The summed E-state index contributed by atoms with van der Waals surface area (Å²) in [5.41, 5.74) is -0.426. The van der Waals surface area contributed by atoms with E-state index in [2.05, 4.69) is 5.32 Å². The van der Waals surface area contributed by atoms with Crippen molar-refractivity contribution in [3.8, 4) is 0 Å². The number of amides is 1. The number of anilines is 1. The van der Waals surface area contributed by atoms with Gasteiger partial charge in [0, 0.05) is 17.6 Å². The molecule has 0 radical (unpaired) electrons. The summed E-state index contributed by atoms with van der Waals surface area (Å²) in [6.07, 6.45) is -4.67. The van der Waals surface area contributed by atoms with Crippen LogP contribution in [0.3, 0.4) is 0 Å². The molecule has 2 aliphatic rings. The summed E-state index contributed by atoms with van der Waals surface area (Å²) in [7, 11) is 0. The van der Waals surface area contributed by atoms with Gasteiger partial charge in [-0.1, -0.05) is 62.7 Å². The summed E-state index contributed by atoms with van der Waals surface area (Å²) in [5.74, 6) is -6.20. The number of carbonyl (C=O) groups is 3. The number of aliphatic carboxylic acids is 2. The Kier molecular flexibility index (Phi) is 8.08. The fourth-order valence-corrected chi connectivity index (χ4v) is 5.78. The van der Waals surface area contributed by atoms with Gasteiger partial charge >= 0.3 is 18.1 Å². The summed E-state index contributed by atoms with van der Waals surface area (Å²) in [6, 6.07) is 9.53. The highest BCUT2D eigenvalue weighted by Gasteiger charge is 2.69. The van der Waals surface area contributed by atoms with Gasteiger partial charge in [-0.3, -0.25) is 9.59 Å². The number of alkyl halides is 3. The number of carbonyl (C=O) groups excluding carboxylic acids is 1. The maximum Gasteiger partial charge on any atom is 0.490 e. The summed E-state index contributed by atoms with van der Waals surface area (Å²) in [4.78, 5) is 35.0. The summed E-state index contributed by atoms with van der Waals surface area (Å²) >= 11 is 12.8. The number of fused-ring (bicyclic) bond motifs is 2.